The molecule has 0 radical (unpaired) electrons. The minimum absolute atomic E-state index is 0.144. The van der Waals surface area contributed by atoms with Crippen molar-refractivity contribution in [3.63, 3.8) is 0 Å². The van der Waals surface area contributed by atoms with Crippen LogP contribution in [0.1, 0.15) is 45.2 Å². The van der Waals surface area contributed by atoms with Crippen LogP contribution in [0, 0.1) is 5.92 Å². The van der Waals surface area contributed by atoms with Gasteiger partial charge in [-0.3, -0.25) is 4.68 Å². The first-order chi connectivity index (χ1) is 6.72. The number of nitrogens with two attached hydrogens (primary N) is 1. The summed E-state index contributed by atoms with van der Waals surface area (Å²) in [6, 6.07) is 0.144. The summed E-state index contributed by atoms with van der Waals surface area (Å²) < 4.78 is 1.93. The van der Waals surface area contributed by atoms with Gasteiger partial charge in [0.1, 0.15) is 0 Å². The fourth-order valence-electron chi connectivity index (χ4n) is 1.79. The lowest BCUT2D eigenvalue weighted by atomic mass is 9.91. The molecule has 0 aliphatic carbocycles. The van der Waals surface area contributed by atoms with Crippen LogP contribution < -0.4 is 5.73 Å². The van der Waals surface area contributed by atoms with Crippen LogP contribution in [-0.2, 0) is 6.54 Å². The number of rotatable bonds is 5. The standard InChI is InChI=1S/C11H21N3/c1-4-9(5-2)11(12)10-7-13-14(6-3)8-10/h7-9,11H,4-6,12H2,1-3H3. The molecule has 1 atom stereocenters. The number of nitrogens with zero attached hydrogens (tertiary/aromatic N) is 2. The molecular weight excluding hydrogens is 174 g/mol. The highest BCUT2D eigenvalue weighted by atomic mass is 15.3. The molecule has 1 aromatic rings. The third-order valence-electron chi connectivity index (χ3n) is 2.92. The predicted octanol–water partition coefficient (Wildman–Crippen LogP) is 2.34. The Labute approximate surface area is 86.3 Å². The van der Waals surface area contributed by atoms with Crippen molar-refractivity contribution in [3.05, 3.63) is 18.0 Å². The molecule has 1 aromatic heterocycles. The van der Waals surface area contributed by atoms with Crippen LogP contribution in [0.2, 0.25) is 0 Å². The summed E-state index contributed by atoms with van der Waals surface area (Å²) in [5.74, 6) is 0.574. The fourth-order valence-corrected chi connectivity index (χ4v) is 1.79. The highest BCUT2D eigenvalue weighted by molar-refractivity contribution is 5.10. The normalized spacial score (nSPS) is 13.5. The van der Waals surface area contributed by atoms with Crippen LogP contribution in [0.3, 0.4) is 0 Å². The van der Waals surface area contributed by atoms with Gasteiger partial charge in [0.25, 0.3) is 0 Å². The molecule has 0 amide bonds. The topological polar surface area (TPSA) is 43.8 Å². The Morgan fingerprint density at radius 3 is 2.43 bits per heavy atom. The molecule has 14 heavy (non-hydrogen) atoms. The van der Waals surface area contributed by atoms with Crippen LogP contribution in [0.5, 0.6) is 0 Å². The Morgan fingerprint density at radius 2 is 2.00 bits per heavy atom. The molecule has 3 heteroatoms. The van der Waals surface area contributed by atoms with Gasteiger partial charge in [-0.05, 0) is 12.8 Å². The summed E-state index contributed by atoms with van der Waals surface area (Å²) >= 11 is 0. The van der Waals surface area contributed by atoms with Gasteiger partial charge >= 0.3 is 0 Å². The molecule has 80 valence electrons. The van der Waals surface area contributed by atoms with Gasteiger partial charge in [0.2, 0.25) is 0 Å². The van der Waals surface area contributed by atoms with Crippen molar-refractivity contribution in [2.24, 2.45) is 11.7 Å². The van der Waals surface area contributed by atoms with Gasteiger partial charge in [-0.15, -0.1) is 0 Å². The Kier molecular flexibility index (Phi) is 4.14. The number of hydrogen-bond donors (Lipinski definition) is 1. The van der Waals surface area contributed by atoms with E-state index in [2.05, 4.69) is 32.1 Å². The van der Waals surface area contributed by atoms with E-state index in [1.54, 1.807) is 0 Å². The van der Waals surface area contributed by atoms with Gasteiger partial charge in [-0.1, -0.05) is 26.7 Å². The van der Waals surface area contributed by atoms with Crippen molar-refractivity contribution in [2.45, 2.75) is 46.2 Å². The van der Waals surface area contributed by atoms with Gasteiger partial charge in [0, 0.05) is 24.3 Å². The summed E-state index contributed by atoms with van der Waals surface area (Å²) in [7, 11) is 0. The van der Waals surface area contributed by atoms with E-state index in [4.69, 9.17) is 5.73 Å². The third kappa shape index (κ3) is 2.35. The van der Waals surface area contributed by atoms with E-state index < -0.39 is 0 Å². The summed E-state index contributed by atoms with van der Waals surface area (Å²) in [5, 5.41) is 4.24. The van der Waals surface area contributed by atoms with Crippen molar-refractivity contribution in [3.8, 4) is 0 Å². The minimum atomic E-state index is 0.144. The van der Waals surface area contributed by atoms with E-state index >= 15 is 0 Å². The second-order valence-electron chi connectivity index (χ2n) is 3.73. The molecule has 0 fully saturated rings. The molecular formula is C11H21N3. The van der Waals surface area contributed by atoms with E-state index in [-0.39, 0.29) is 6.04 Å². The summed E-state index contributed by atoms with van der Waals surface area (Å²) in [6.45, 7) is 7.38. The lowest BCUT2D eigenvalue weighted by molar-refractivity contribution is 0.405. The molecule has 3 nitrogen and oxygen atoms in total. The van der Waals surface area contributed by atoms with Gasteiger partial charge in [0.05, 0.1) is 6.20 Å². The summed E-state index contributed by atoms with van der Waals surface area (Å²) in [4.78, 5) is 0. The fraction of sp³-hybridized carbons (Fsp3) is 0.727. The number of aryl methyl sites for hydroxylation is 1. The average Bonchev–Trinajstić information content (AvgIpc) is 2.67. The molecule has 0 saturated heterocycles. The lowest BCUT2D eigenvalue weighted by Crippen LogP contribution is -2.19. The van der Waals surface area contributed by atoms with Crippen LogP contribution in [0.15, 0.2) is 12.4 Å². The molecule has 0 aliphatic rings. The Morgan fingerprint density at radius 1 is 1.36 bits per heavy atom. The zero-order valence-electron chi connectivity index (χ0n) is 9.40. The first-order valence-electron chi connectivity index (χ1n) is 5.50. The number of aromatic nitrogens is 2. The van der Waals surface area contributed by atoms with Crippen LogP contribution in [0.4, 0.5) is 0 Å². The van der Waals surface area contributed by atoms with Crippen molar-refractivity contribution in [1.29, 1.82) is 0 Å². The second-order valence-corrected chi connectivity index (χ2v) is 3.73. The first kappa shape index (κ1) is 11.2. The van der Waals surface area contributed by atoms with E-state index in [0.717, 1.165) is 19.4 Å². The quantitative estimate of drug-likeness (QED) is 0.783. The highest BCUT2D eigenvalue weighted by Gasteiger charge is 2.17. The van der Waals surface area contributed by atoms with E-state index in [0.29, 0.717) is 5.92 Å². The maximum absolute atomic E-state index is 6.17. The second kappa shape index (κ2) is 5.15. The Bertz CT molecular complexity index is 263. The maximum atomic E-state index is 6.17. The van der Waals surface area contributed by atoms with Gasteiger partial charge in [-0.2, -0.15) is 5.10 Å². The van der Waals surface area contributed by atoms with Crippen molar-refractivity contribution in [1.82, 2.24) is 9.78 Å². The van der Waals surface area contributed by atoms with E-state index in [9.17, 15) is 0 Å². The zero-order valence-corrected chi connectivity index (χ0v) is 9.40. The molecule has 1 unspecified atom stereocenters. The smallest absolute Gasteiger partial charge is 0.0537 e. The molecule has 0 aliphatic heterocycles. The van der Waals surface area contributed by atoms with Crippen molar-refractivity contribution < 1.29 is 0 Å². The predicted molar refractivity (Wildman–Crippen MR) is 58.9 cm³/mol. The molecule has 2 N–H and O–H groups in total. The van der Waals surface area contributed by atoms with E-state index in [1.165, 1.54) is 5.56 Å². The van der Waals surface area contributed by atoms with Crippen LogP contribution in [0.25, 0.3) is 0 Å². The van der Waals surface area contributed by atoms with Gasteiger partial charge in [-0.25, -0.2) is 0 Å². The maximum Gasteiger partial charge on any atom is 0.0537 e. The first-order valence-corrected chi connectivity index (χ1v) is 5.50. The van der Waals surface area contributed by atoms with Gasteiger partial charge in [0.15, 0.2) is 0 Å². The molecule has 1 rings (SSSR count). The van der Waals surface area contributed by atoms with Crippen LogP contribution in [-0.4, -0.2) is 9.78 Å². The Hall–Kier alpha value is -0.830. The molecule has 0 spiro atoms. The SMILES string of the molecule is CCC(CC)C(N)c1cnn(CC)c1. The zero-order chi connectivity index (χ0) is 10.6. The summed E-state index contributed by atoms with van der Waals surface area (Å²) in [5.41, 5.74) is 7.34. The molecule has 1 heterocycles. The average molecular weight is 195 g/mol. The van der Waals surface area contributed by atoms with Crippen molar-refractivity contribution >= 4 is 0 Å². The monoisotopic (exact) mass is 195 g/mol. The largest absolute Gasteiger partial charge is 0.324 e. The van der Waals surface area contributed by atoms with Crippen LogP contribution >= 0.6 is 0 Å². The Balaban J connectivity index is 2.72. The van der Waals surface area contributed by atoms with Gasteiger partial charge < -0.3 is 5.73 Å². The third-order valence-corrected chi connectivity index (χ3v) is 2.92. The molecule has 0 aromatic carbocycles. The summed E-state index contributed by atoms with van der Waals surface area (Å²) in [6.07, 6.45) is 6.22. The molecule has 0 bridgehead atoms. The highest BCUT2D eigenvalue weighted by Crippen LogP contribution is 2.24. The lowest BCUT2D eigenvalue weighted by Gasteiger charge is -2.19. The molecule has 0 saturated carbocycles. The van der Waals surface area contributed by atoms with E-state index in [1.807, 2.05) is 10.9 Å². The van der Waals surface area contributed by atoms with Crippen molar-refractivity contribution in [2.75, 3.05) is 0 Å². The minimum Gasteiger partial charge on any atom is -0.324 e. The number of hydrogen-bond acceptors (Lipinski definition) is 2.